The van der Waals surface area contributed by atoms with E-state index in [1.165, 1.54) is 36.1 Å². The second-order valence-corrected chi connectivity index (χ2v) is 7.59. The van der Waals surface area contributed by atoms with Gasteiger partial charge in [-0.2, -0.15) is 0 Å². The minimum atomic E-state index is -0.477. The summed E-state index contributed by atoms with van der Waals surface area (Å²) >= 11 is 1.43. The van der Waals surface area contributed by atoms with Gasteiger partial charge in [-0.1, -0.05) is 6.07 Å². The van der Waals surface area contributed by atoms with Crippen LogP contribution in [0.3, 0.4) is 0 Å². The molecule has 0 spiro atoms. The molecule has 3 aromatic rings. The van der Waals surface area contributed by atoms with Crippen LogP contribution in [0.4, 0.5) is 4.39 Å². The molecule has 0 N–H and O–H groups in total. The average Bonchev–Trinajstić information content (AvgIpc) is 3.16. The number of benzene rings is 2. The van der Waals surface area contributed by atoms with E-state index >= 15 is 0 Å². The Bertz CT molecular complexity index is 1040. The van der Waals surface area contributed by atoms with Gasteiger partial charge < -0.3 is 14.2 Å². The molecule has 4 rings (SSSR count). The Morgan fingerprint density at radius 1 is 1.04 bits per heavy atom. The summed E-state index contributed by atoms with van der Waals surface area (Å²) in [6, 6.07) is 12.4. The molecule has 6 heteroatoms. The van der Waals surface area contributed by atoms with E-state index in [-0.39, 0.29) is 12.4 Å². The Labute approximate surface area is 166 Å². The number of fused-ring (bicyclic) bond motifs is 3. The lowest BCUT2D eigenvalue weighted by Gasteiger charge is -2.16. The third-order valence-electron chi connectivity index (χ3n) is 4.82. The lowest BCUT2D eigenvalue weighted by molar-refractivity contribution is 0.0478. The first kappa shape index (κ1) is 18.5. The monoisotopic (exact) mass is 398 g/mol. The second kappa shape index (κ2) is 7.64. The van der Waals surface area contributed by atoms with Gasteiger partial charge in [0.05, 0.1) is 14.2 Å². The lowest BCUT2D eigenvalue weighted by Crippen LogP contribution is -2.04. The highest BCUT2D eigenvalue weighted by Gasteiger charge is 2.22. The molecule has 0 amide bonds. The summed E-state index contributed by atoms with van der Waals surface area (Å²) in [6.07, 6.45) is 1.79. The Balaban J connectivity index is 1.51. The zero-order valence-electron chi connectivity index (χ0n) is 15.6. The van der Waals surface area contributed by atoms with E-state index in [0.29, 0.717) is 10.4 Å². The highest BCUT2D eigenvalue weighted by Crippen LogP contribution is 2.41. The number of ether oxygens (including phenoxy) is 3. The van der Waals surface area contributed by atoms with E-state index in [2.05, 4.69) is 0 Å². The molecule has 0 aliphatic heterocycles. The first-order chi connectivity index (χ1) is 13.6. The van der Waals surface area contributed by atoms with E-state index in [9.17, 15) is 9.18 Å². The van der Waals surface area contributed by atoms with Gasteiger partial charge >= 0.3 is 5.97 Å². The summed E-state index contributed by atoms with van der Waals surface area (Å²) in [7, 11) is 3.06. The molecule has 0 atom stereocenters. The van der Waals surface area contributed by atoms with Crippen LogP contribution in [0, 0.1) is 5.82 Å². The maximum absolute atomic E-state index is 13.8. The number of thiophene rings is 1. The quantitative estimate of drug-likeness (QED) is 0.566. The lowest BCUT2D eigenvalue weighted by atomic mass is 9.91. The molecular weight excluding hydrogens is 379 g/mol. The minimum Gasteiger partial charge on any atom is -0.497 e. The number of carbonyl (C=O) groups is 1. The van der Waals surface area contributed by atoms with E-state index < -0.39 is 11.8 Å². The van der Waals surface area contributed by atoms with Crippen molar-refractivity contribution in [2.24, 2.45) is 0 Å². The summed E-state index contributed by atoms with van der Waals surface area (Å²) in [5.41, 5.74) is 4.10. The molecule has 1 aromatic heterocycles. The standard InChI is InChI=1S/C22H19FO4S/c1-25-16-6-7-17-14(10-16)4-5-15-11-20(28-21(15)17)22(24)27-12-13-3-8-19(26-2)18(23)9-13/h3,6-11H,4-5,12H2,1-2H3. The Kier molecular flexibility index (Phi) is 5.05. The van der Waals surface area contributed by atoms with Crippen LogP contribution in [-0.4, -0.2) is 20.2 Å². The van der Waals surface area contributed by atoms with Gasteiger partial charge in [-0.15, -0.1) is 11.3 Å². The average molecular weight is 398 g/mol. The van der Waals surface area contributed by atoms with Crippen molar-refractivity contribution in [2.45, 2.75) is 19.4 Å². The topological polar surface area (TPSA) is 44.8 Å². The predicted molar refractivity (Wildman–Crippen MR) is 106 cm³/mol. The smallest absolute Gasteiger partial charge is 0.348 e. The van der Waals surface area contributed by atoms with Crippen LogP contribution in [-0.2, 0) is 24.2 Å². The fourth-order valence-corrected chi connectivity index (χ4v) is 4.52. The van der Waals surface area contributed by atoms with Crippen LogP contribution in [0.1, 0.15) is 26.4 Å². The highest BCUT2D eigenvalue weighted by molar-refractivity contribution is 7.17. The van der Waals surface area contributed by atoms with Gasteiger partial charge in [0.1, 0.15) is 17.2 Å². The molecule has 0 fully saturated rings. The minimum absolute atomic E-state index is 0.0100. The van der Waals surface area contributed by atoms with E-state index in [4.69, 9.17) is 14.2 Å². The van der Waals surface area contributed by atoms with Crippen molar-refractivity contribution in [3.8, 4) is 21.9 Å². The van der Waals surface area contributed by atoms with Crippen molar-refractivity contribution in [3.05, 3.63) is 69.8 Å². The molecule has 1 aliphatic rings. The molecule has 0 bridgehead atoms. The molecule has 0 unspecified atom stereocenters. The normalized spacial score (nSPS) is 12.1. The summed E-state index contributed by atoms with van der Waals surface area (Å²) in [5.74, 6) is 0.127. The Morgan fingerprint density at radius 3 is 2.61 bits per heavy atom. The molecule has 2 aromatic carbocycles. The van der Waals surface area contributed by atoms with Gasteiger partial charge in [-0.25, -0.2) is 9.18 Å². The fraction of sp³-hybridized carbons (Fsp3) is 0.227. The number of carbonyl (C=O) groups excluding carboxylic acids is 1. The largest absolute Gasteiger partial charge is 0.497 e. The fourth-order valence-electron chi connectivity index (χ4n) is 3.36. The Hall–Kier alpha value is -2.86. The molecular formula is C22H19FO4S. The van der Waals surface area contributed by atoms with Crippen molar-refractivity contribution in [3.63, 3.8) is 0 Å². The molecule has 0 saturated heterocycles. The SMILES string of the molecule is COc1ccc2c(c1)CCc1cc(C(=O)OCc3ccc(OC)c(F)c3)sc1-2. The van der Waals surface area contributed by atoms with Crippen LogP contribution < -0.4 is 9.47 Å². The Morgan fingerprint density at radius 2 is 1.86 bits per heavy atom. The van der Waals surface area contributed by atoms with Crippen LogP contribution in [0.2, 0.25) is 0 Å². The number of aryl methyl sites for hydroxylation is 2. The molecule has 1 heterocycles. The second-order valence-electron chi connectivity index (χ2n) is 6.53. The highest BCUT2D eigenvalue weighted by atomic mass is 32.1. The van der Waals surface area contributed by atoms with Crippen molar-refractivity contribution in [1.82, 2.24) is 0 Å². The van der Waals surface area contributed by atoms with Gasteiger partial charge in [0.2, 0.25) is 0 Å². The maximum Gasteiger partial charge on any atom is 0.348 e. The number of hydrogen-bond acceptors (Lipinski definition) is 5. The van der Waals surface area contributed by atoms with Gasteiger partial charge in [-0.05, 0) is 71.5 Å². The number of methoxy groups -OCH3 is 2. The molecule has 144 valence electrons. The van der Waals surface area contributed by atoms with Crippen molar-refractivity contribution < 1.29 is 23.4 Å². The number of esters is 1. The molecule has 28 heavy (non-hydrogen) atoms. The van der Waals surface area contributed by atoms with Crippen LogP contribution >= 0.6 is 11.3 Å². The van der Waals surface area contributed by atoms with Gasteiger partial charge in [0.25, 0.3) is 0 Å². The summed E-state index contributed by atoms with van der Waals surface area (Å²) in [4.78, 5) is 14.2. The number of halogens is 1. The van der Waals surface area contributed by atoms with E-state index in [1.54, 1.807) is 13.2 Å². The summed E-state index contributed by atoms with van der Waals surface area (Å²) in [5, 5.41) is 0. The van der Waals surface area contributed by atoms with Gasteiger partial charge in [0, 0.05) is 4.88 Å². The summed E-state index contributed by atoms with van der Waals surface area (Å²) in [6.45, 7) is 0.0100. The summed E-state index contributed by atoms with van der Waals surface area (Å²) < 4.78 is 29.4. The first-order valence-electron chi connectivity index (χ1n) is 8.88. The molecule has 0 saturated carbocycles. The van der Waals surface area contributed by atoms with E-state index in [1.807, 2.05) is 24.3 Å². The van der Waals surface area contributed by atoms with Crippen molar-refractivity contribution >= 4 is 17.3 Å². The van der Waals surface area contributed by atoms with Gasteiger partial charge in [-0.3, -0.25) is 0 Å². The van der Waals surface area contributed by atoms with Crippen LogP contribution in [0.5, 0.6) is 11.5 Å². The van der Waals surface area contributed by atoms with E-state index in [0.717, 1.165) is 34.6 Å². The number of hydrogen-bond donors (Lipinski definition) is 0. The molecule has 1 aliphatic carbocycles. The number of rotatable bonds is 5. The van der Waals surface area contributed by atoms with Crippen LogP contribution in [0.25, 0.3) is 10.4 Å². The molecule has 0 radical (unpaired) electrons. The van der Waals surface area contributed by atoms with Crippen molar-refractivity contribution in [1.29, 1.82) is 0 Å². The zero-order valence-corrected chi connectivity index (χ0v) is 16.4. The van der Waals surface area contributed by atoms with Crippen LogP contribution in [0.15, 0.2) is 42.5 Å². The zero-order chi connectivity index (χ0) is 19.7. The van der Waals surface area contributed by atoms with Crippen molar-refractivity contribution in [2.75, 3.05) is 14.2 Å². The van der Waals surface area contributed by atoms with Gasteiger partial charge in [0.15, 0.2) is 11.6 Å². The predicted octanol–water partition coefficient (Wildman–Crippen LogP) is 5.03. The third kappa shape index (κ3) is 3.47. The molecule has 4 nitrogen and oxygen atoms in total. The third-order valence-corrected chi connectivity index (χ3v) is 6.01. The first-order valence-corrected chi connectivity index (χ1v) is 9.70. The maximum atomic E-state index is 13.8.